The smallest absolute Gasteiger partial charge is 0.248 e. The maximum atomic E-state index is 11.6. The van der Waals surface area contributed by atoms with Crippen LogP contribution in [-0.4, -0.2) is 73.3 Å². The molecule has 3 rings (SSSR count). The van der Waals surface area contributed by atoms with Gasteiger partial charge in [-0.1, -0.05) is 6.07 Å². The van der Waals surface area contributed by atoms with Crippen LogP contribution < -0.4 is 0 Å². The van der Waals surface area contributed by atoms with Gasteiger partial charge in [0.05, 0.1) is 25.0 Å². The van der Waals surface area contributed by atoms with Crippen molar-refractivity contribution in [2.75, 3.05) is 40.5 Å². The molecule has 1 amide bonds. The van der Waals surface area contributed by atoms with Crippen molar-refractivity contribution in [3.63, 3.8) is 0 Å². The summed E-state index contributed by atoms with van der Waals surface area (Å²) in [6.07, 6.45) is 4.20. The normalized spacial score (nSPS) is 27.0. The molecule has 1 saturated carbocycles. The standard InChI is InChI=1S/C18H27N3O3/c1-20(2)18(22)13-23-12-14-9-16-17(10-14)24-8-7-21(16)11-15-5-3-4-6-19-15/h3-6,14,16-17H,7-13H2,1-2H3/t14-,16+,17+/m0/s1. The van der Waals surface area contributed by atoms with E-state index < -0.39 is 0 Å². The second kappa shape index (κ2) is 8.05. The van der Waals surface area contributed by atoms with E-state index in [1.165, 1.54) is 0 Å². The quantitative estimate of drug-likeness (QED) is 0.782. The SMILES string of the molecule is CN(C)C(=O)COC[C@H]1C[C@@H]2[C@@H](C1)OCCN2Cc1ccccn1. The molecule has 2 aliphatic rings. The molecule has 132 valence electrons. The molecule has 6 heteroatoms. The summed E-state index contributed by atoms with van der Waals surface area (Å²) in [6.45, 7) is 3.40. The Bertz CT molecular complexity index is 538. The number of ether oxygens (including phenoxy) is 2. The van der Waals surface area contributed by atoms with Crippen molar-refractivity contribution in [1.82, 2.24) is 14.8 Å². The van der Waals surface area contributed by atoms with Crippen LogP contribution in [0.5, 0.6) is 0 Å². The molecular formula is C18H27N3O3. The summed E-state index contributed by atoms with van der Waals surface area (Å²) in [4.78, 5) is 20.1. The zero-order valence-corrected chi connectivity index (χ0v) is 14.6. The molecule has 2 heterocycles. The van der Waals surface area contributed by atoms with Crippen molar-refractivity contribution in [1.29, 1.82) is 0 Å². The summed E-state index contributed by atoms with van der Waals surface area (Å²) in [5.41, 5.74) is 1.11. The Balaban J connectivity index is 1.50. The fourth-order valence-electron chi connectivity index (χ4n) is 3.60. The van der Waals surface area contributed by atoms with Gasteiger partial charge < -0.3 is 14.4 Å². The lowest BCUT2D eigenvalue weighted by Crippen LogP contribution is -2.47. The lowest BCUT2D eigenvalue weighted by molar-refractivity contribution is -0.134. The largest absolute Gasteiger partial charge is 0.375 e. The molecule has 6 nitrogen and oxygen atoms in total. The summed E-state index contributed by atoms with van der Waals surface area (Å²) < 4.78 is 11.6. The van der Waals surface area contributed by atoms with Gasteiger partial charge in [-0.25, -0.2) is 0 Å². The molecule has 3 atom stereocenters. The number of likely N-dealkylation sites (N-methyl/N-ethyl adjacent to an activating group) is 1. The first-order valence-corrected chi connectivity index (χ1v) is 8.67. The number of morpholine rings is 1. The molecule has 1 aliphatic carbocycles. The Morgan fingerprint density at radius 2 is 2.29 bits per heavy atom. The summed E-state index contributed by atoms with van der Waals surface area (Å²) in [6, 6.07) is 6.49. The van der Waals surface area contributed by atoms with Gasteiger partial charge in [0, 0.05) is 39.4 Å². The molecule has 0 spiro atoms. The van der Waals surface area contributed by atoms with Crippen LogP contribution in [0.4, 0.5) is 0 Å². The van der Waals surface area contributed by atoms with Crippen LogP contribution in [0.2, 0.25) is 0 Å². The molecule has 1 saturated heterocycles. The monoisotopic (exact) mass is 333 g/mol. The molecule has 1 aromatic rings. The first-order chi connectivity index (χ1) is 11.6. The van der Waals surface area contributed by atoms with E-state index in [0.29, 0.717) is 18.6 Å². The second-order valence-electron chi connectivity index (χ2n) is 6.91. The molecular weight excluding hydrogens is 306 g/mol. The first-order valence-electron chi connectivity index (χ1n) is 8.67. The van der Waals surface area contributed by atoms with Gasteiger partial charge in [-0.05, 0) is 30.9 Å². The van der Waals surface area contributed by atoms with E-state index >= 15 is 0 Å². The Morgan fingerprint density at radius 1 is 1.42 bits per heavy atom. The van der Waals surface area contributed by atoms with Crippen LogP contribution in [-0.2, 0) is 20.8 Å². The van der Waals surface area contributed by atoms with Crippen molar-refractivity contribution >= 4 is 5.91 Å². The van der Waals surface area contributed by atoms with Crippen molar-refractivity contribution in [2.45, 2.75) is 31.5 Å². The predicted octanol–water partition coefficient (Wildman–Crippen LogP) is 1.17. The third-order valence-electron chi connectivity index (χ3n) is 4.92. The van der Waals surface area contributed by atoms with Crippen LogP contribution in [0.15, 0.2) is 24.4 Å². The molecule has 0 radical (unpaired) electrons. The van der Waals surface area contributed by atoms with Gasteiger partial charge >= 0.3 is 0 Å². The zero-order valence-electron chi connectivity index (χ0n) is 14.6. The fourth-order valence-corrected chi connectivity index (χ4v) is 3.60. The van der Waals surface area contributed by atoms with E-state index in [1.807, 2.05) is 18.3 Å². The van der Waals surface area contributed by atoms with E-state index in [1.54, 1.807) is 19.0 Å². The van der Waals surface area contributed by atoms with Crippen LogP contribution >= 0.6 is 0 Å². The average molecular weight is 333 g/mol. The Morgan fingerprint density at radius 3 is 3.04 bits per heavy atom. The third kappa shape index (κ3) is 4.32. The highest BCUT2D eigenvalue weighted by Crippen LogP contribution is 2.35. The van der Waals surface area contributed by atoms with Gasteiger partial charge in [-0.15, -0.1) is 0 Å². The molecule has 0 bridgehead atoms. The zero-order chi connectivity index (χ0) is 16.9. The number of nitrogens with zero attached hydrogens (tertiary/aromatic N) is 3. The Kier molecular flexibility index (Phi) is 5.81. The highest BCUT2D eigenvalue weighted by molar-refractivity contribution is 5.76. The van der Waals surface area contributed by atoms with Crippen molar-refractivity contribution in [3.8, 4) is 0 Å². The summed E-state index contributed by atoms with van der Waals surface area (Å²) in [5.74, 6) is 0.470. The van der Waals surface area contributed by atoms with E-state index in [-0.39, 0.29) is 18.6 Å². The molecule has 1 aromatic heterocycles. The van der Waals surface area contributed by atoms with Crippen LogP contribution in [0.25, 0.3) is 0 Å². The van der Waals surface area contributed by atoms with Crippen molar-refractivity contribution < 1.29 is 14.3 Å². The lowest BCUT2D eigenvalue weighted by atomic mass is 10.1. The first kappa shape index (κ1) is 17.3. The van der Waals surface area contributed by atoms with E-state index in [4.69, 9.17) is 9.47 Å². The summed E-state index contributed by atoms with van der Waals surface area (Å²) >= 11 is 0. The maximum Gasteiger partial charge on any atom is 0.248 e. The second-order valence-corrected chi connectivity index (χ2v) is 6.91. The van der Waals surface area contributed by atoms with E-state index in [2.05, 4.69) is 16.0 Å². The number of pyridine rings is 1. The topological polar surface area (TPSA) is 54.9 Å². The van der Waals surface area contributed by atoms with Gasteiger partial charge in [0.25, 0.3) is 0 Å². The van der Waals surface area contributed by atoms with Gasteiger partial charge in [0.15, 0.2) is 0 Å². The van der Waals surface area contributed by atoms with Crippen molar-refractivity contribution in [3.05, 3.63) is 30.1 Å². The number of rotatable bonds is 6. The number of carbonyl (C=O) groups excluding carboxylic acids is 1. The third-order valence-corrected chi connectivity index (χ3v) is 4.92. The Hall–Kier alpha value is -1.50. The van der Waals surface area contributed by atoms with Gasteiger partial charge in [0.1, 0.15) is 6.61 Å². The van der Waals surface area contributed by atoms with Crippen molar-refractivity contribution in [2.24, 2.45) is 5.92 Å². The van der Waals surface area contributed by atoms with E-state index in [0.717, 1.165) is 38.2 Å². The van der Waals surface area contributed by atoms with Crippen LogP contribution in [0, 0.1) is 5.92 Å². The molecule has 0 aromatic carbocycles. The van der Waals surface area contributed by atoms with Gasteiger partial charge in [-0.2, -0.15) is 0 Å². The van der Waals surface area contributed by atoms with Crippen LogP contribution in [0.3, 0.4) is 0 Å². The summed E-state index contributed by atoms with van der Waals surface area (Å²) in [7, 11) is 3.50. The average Bonchev–Trinajstić information content (AvgIpc) is 2.99. The van der Waals surface area contributed by atoms with E-state index in [9.17, 15) is 4.79 Å². The number of aromatic nitrogens is 1. The minimum Gasteiger partial charge on any atom is -0.375 e. The minimum absolute atomic E-state index is 0.0124. The van der Waals surface area contributed by atoms with Crippen LogP contribution in [0.1, 0.15) is 18.5 Å². The molecule has 1 aliphatic heterocycles. The predicted molar refractivity (Wildman–Crippen MR) is 90.4 cm³/mol. The fraction of sp³-hybridized carbons (Fsp3) is 0.667. The van der Waals surface area contributed by atoms with Gasteiger partial charge in [0.2, 0.25) is 5.91 Å². The minimum atomic E-state index is 0.0124. The Labute approximate surface area is 143 Å². The number of hydrogen-bond acceptors (Lipinski definition) is 5. The number of amides is 1. The molecule has 2 fully saturated rings. The van der Waals surface area contributed by atoms with Gasteiger partial charge in [-0.3, -0.25) is 14.7 Å². The molecule has 0 N–H and O–H groups in total. The molecule has 24 heavy (non-hydrogen) atoms. The number of carbonyl (C=O) groups is 1. The summed E-state index contributed by atoms with van der Waals surface area (Å²) in [5, 5.41) is 0. The number of fused-ring (bicyclic) bond motifs is 1. The maximum absolute atomic E-state index is 11.6. The highest BCUT2D eigenvalue weighted by atomic mass is 16.5. The molecule has 0 unspecified atom stereocenters. The lowest BCUT2D eigenvalue weighted by Gasteiger charge is -2.37. The highest BCUT2D eigenvalue weighted by Gasteiger charge is 2.41. The number of hydrogen-bond donors (Lipinski definition) is 0.